The van der Waals surface area contributed by atoms with Gasteiger partial charge in [0.2, 0.25) is 5.91 Å². The number of esters is 3. The summed E-state index contributed by atoms with van der Waals surface area (Å²) in [5.41, 5.74) is -0.675. The second kappa shape index (κ2) is 19.8. The van der Waals surface area contributed by atoms with E-state index in [1.54, 1.807) is 86.3 Å². The summed E-state index contributed by atoms with van der Waals surface area (Å²) in [7, 11) is 0. The number of hydrogen-bond donors (Lipinski definition) is 3. The average molecular weight is 820 g/mol. The molecule has 2 atom stereocenters. The van der Waals surface area contributed by atoms with Crippen molar-refractivity contribution in [3.05, 3.63) is 69.0 Å². The number of H-pyrrole nitrogens is 1. The topological polar surface area (TPSA) is 186 Å². The van der Waals surface area contributed by atoms with Crippen molar-refractivity contribution in [2.24, 2.45) is 0 Å². The van der Waals surface area contributed by atoms with Gasteiger partial charge in [0, 0.05) is 25.1 Å². The molecule has 1 heterocycles. The molecule has 0 unspecified atom stereocenters. The number of terminal acetylenes is 1. The van der Waals surface area contributed by atoms with Gasteiger partial charge in [-0.05, 0) is 137 Å². The molecule has 3 aromatic rings. The van der Waals surface area contributed by atoms with Gasteiger partial charge in [0.15, 0.2) is 0 Å². The van der Waals surface area contributed by atoms with Gasteiger partial charge < -0.3 is 34.7 Å². The minimum absolute atomic E-state index is 0.00271. The van der Waals surface area contributed by atoms with E-state index in [9.17, 15) is 28.8 Å². The fraction of sp³-hybridized carbons (Fsp3) is 0.523. The van der Waals surface area contributed by atoms with Crippen LogP contribution in [0, 0.1) is 32.0 Å². The summed E-state index contributed by atoms with van der Waals surface area (Å²) in [5, 5.41) is 5.53. The van der Waals surface area contributed by atoms with E-state index in [1.165, 1.54) is 12.1 Å². The van der Waals surface area contributed by atoms with Crippen LogP contribution in [0.15, 0.2) is 35.1 Å². The molecule has 0 fully saturated rings. The predicted octanol–water partition coefficient (Wildman–Crippen LogP) is 5.88. The van der Waals surface area contributed by atoms with Crippen molar-refractivity contribution in [3.8, 4) is 12.3 Å². The standard InChI is InChI=1S/C44H58FN5O9/c1-13-21-50(25-28-23-31-35(22-26(28)2)46-27(3)47-39(31)54)29-17-18-30(32(45)24-29)38(53)49-34(41(56)59-44(10,11)12)19-20-36(51)48-33(40(55)58-43(7,8)9)15-14-16-37(52)57-42(4,5)6/h1,17-18,22-24,33-34H,14-16,19-21,25H2,2-12H3,(H,48,51)(H,49,53)(H,46,47,54)/t33-,34+/m1/s1. The van der Waals surface area contributed by atoms with Gasteiger partial charge in [-0.15, -0.1) is 6.42 Å². The normalized spacial score (nSPS) is 12.8. The highest BCUT2D eigenvalue weighted by molar-refractivity contribution is 5.97. The number of halogens is 1. The van der Waals surface area contributed by atoms with Crippen LogP contribution >= 0.6 is 0 Å². The van der Waals surface area contributed by atoms with E-state index in [1.807, 2.05) is 6.92 Å². The number of nitrogens with zero attached hydrogens (tertiary/aromatic N) is 2. The van der Waals surface area contributed by atoms with Crippen LogP contribution in [0.3, 0.4) is 0 Å². The Hall–Kier alpha value is -5.78. The van der Waals surface area contributed by atoms with Gasteiger partial charge in [-0.3, -0.25) is 19.2 Å². The molecule has 0 saturated carbocycles. The Balaban J connectivity index is 1.79. The van der Waals surface area contributed by atoms with Crippen LogP contribution in [0.4, 0.5) is 10.1 Å². The number of nitrogens with one attached hydrogen (secondary N) is 3. The first-order valence-electron chi connectivity index (χ1n) is 19.5. The van der Waals surface area contributed by atoms with E-state index in [0.29, 0.717) is 22.4 Å². The molecule has 59 heavy (non-hydrogen) atoms. The lowest BCUT2D eigenvalue weighted by atomic mass is 10.0. The molecule has 0 aliphatic carbocycles. The van der Waals surface area contributed by atoms with Gasteiger partial charge in [-0.2, -0.15) is 0 Å². The third kappa shape index (κ3) is 15.5. The predicted molar refractivity (Wildman–Crippen MR) is 222 cm³/mol. The molecule has 0 radical (unpaired) electrons. The molecule has 3 rings (SSSR count). The van der Waals surface area contributed by atoms with Crippen molar-refractivity contribution in [1.82, 2.24) is 20.6 Å². The van der Waals surface area contributed by atoms with Gasteiger partial charge >= 0.3 is 17.9 Å². The van der Waals surface area contributed by atoms with E-state index in [4.69, 9.17) is 20.6 Å². The Labute approximate surface area is 345 Å². The molecule has 2 aromatic carbocycles. The SMILES string of the molecule is C#CCN(Cc1cc2c(=O)[nH]c(C)nc2cc1C)c1ccc(C(=O)N[C@@H](CCC(=O)N[C@H](CCCC(=O)OC(C)(C)C)C(=O)OC(C)(C)C)C(=O)OC(C)(C)C)c(F)c1. The quantitative estimate of drug-likeness (QED) is 0.0891. The molecule has 0 spiro atoms. The Morgan fingerprint density at radius 2 is 1.44 bits per heavy atom. The number of rotatable bonds is 16. The number of aromatic amines is 1. The summed E-state index contributed by atoms with van der Waals surface area (Å²) in [6, 6.07) is 4.95. The number of hydrogen-bond acceptors (Lipinski definition) is 11. The summed E-state index contributed by atoms with van der Waals surface area (Å²) < 4.78 is 32.1. The Kier molecular flexibility index (Phi) is 16.0. The second-order valence-electron chi connectivity index (χ2n) is 17.4. The zero-order valence-electron chi connectivity index (χ0n) is 36.0. The van der Waals surface area contributed by atoms with Crippen molar-refractivity contribution in [3.63, 3.8) is 0 Å². The molecule has 0 saturated heterocycles. The van der Waals surface area contributed by atoms with Crippen LogP contribution in [-0.2, 0) is 39.9 Å². The van der Waals surface area contributed by atoms with E-state index in [2.05, 4.69) is 26.5 Å². The number of aromatic nitrogens is 2. The monoisotopic (exact) mass is 819 g/mol. The zero-order valence-corrected chi connectivity index (χ0v) is 36.0. The maximum absolute atomic E-state index is 15.8. The number of benzene rings is 2. The minimum Gasteiger partial charge on any atom is -0.460 e. The number of aryl methyl sites for hydroxylation is 2. The Morgan fingerprint density at radius 1 is 0.847 bits per heavy atom. The average Bonchev–Trinajstić information content (AvgIpc) is 3.07. The van der Waals surface area contributed by atoms with Crippen molar-refractivity contribution in [1.29, 1.82) is 0 Å². The molecule has 15 heteroatoms. The molecule has 0 bridgehead atoms. The van der Waals surface area contributed by atoms with Crippen LogP contribution in [0.25, 0.3) is 10.9 Å². The summed E-state index contributed by atoms with van der Waals surface area (Å²) >= 11 is 0. The number of ether oxygens (including phenoxy) is 3. The lowest BCUT2D eigenvalue weighted by Crippen LogP contribution is -2.47. The summed E-state index contributed by atoms with van der Waals surface area (Å²) in [5.74, 6) is -1.44. The second-order valence-corrected chi connectivity index (χ2v) is 17.4. The number of carbonyl (C=O) groups excluding carboxylic acids is 5. The van der Waals surface area contributed by atoms with Crippen molar-refractivity contribution in [2.45, 2.75) is 144 Å². The number of fused-ring (bicyclic) bond motifs is 1. The van der Waals surface area contributed by atoms with Crippen LogP contribution in [0.1, 0.15) is 122 Å². The first-order valence-corrected chi connectivity index (χ1v) is 19.5. The number of amides is 2. The molecule has 0 aliphatic rings. The lowest BCUT2D eigenvalue weighted by molar-refractivity contribution is -0.160. The zero-order chi connectivity index (χ0) is 44.5. The first-order chi connectivity index (χ1) is 27.2. The fourth-order valence-electron chi connectivity index (χ4n) is 5.93. The molecule has 1 aromatic heterocycles. The molecule has 320 valence electrons. The van der Waals surface area contributed by atoms with Crippen molar-refractivity contribution >= 4 is 46.3 Å². The van der Waals surface area contributed by atoms with Crippen LogP contribution in [0.5, 0.6) is 0 Å². The smallest absolute Gasteiger partial charge is 0.329 e. The van der Waals surface area contributed by atoms with Gasteiger partial charge in [0.05, 0.1) is 23.0 Å². The van der Waals surface area contributed by atoms with E-state index < -0.39 is 64.4 Å². The third-order valence-corrected chi connectivity index (χ3v) is 8.46. The third-order valence-electron chi connectivity index (χ3n) is 8.46. The highest BCUT2D eigenvalue weighted by Crippen LogP contribution is 2.24. The van der Waals surface area contributed by atoms with Gasteiger partial charge in [0.25, 0.3) is 11.5 Å². The highest BCUT2D eigenvalue weighted by atomic mass is 19.1. The summed E-state index contributed by atoms with van der Waals surface area (Å²) in [6.45, 7) is 19.0. The summed E-state index contributed by atoms with van der Waals surface area (Å²) in [6.07, 6.45) is 5.35. The van der Waals surface area contributed by atoms with E-state index in [0.717, 1.165) is 17.2 Å². The minimum atomic E-state index is -1.38. The molecular formula is C44H58FN5O9. The summed E-state index contributed by atoms with van der Waals surface area (Å²) in [4.78, 5) is 86.9. The van der Waals surface area contributed by atoms with Gasteiger partial charge in [0.1, 0.15) is 40.5 Å². The maximum Gasteiger partial charge on any atom is 0.329 e. The highest BCUT2D eigenvalue weighted by Gasteiger charge is 2.31. The van der Waals surface area contributed by atoms with Crippen molar-refractivity contribution in [2.75, 3.05) is 11.4 Å². The van der Waals surface area contributed by atoms with E-state index in [-0.39, 0.29) is 56.3 Å². The van der Waals surface area contributed by atoms with Crippen LogP contribution in [-0.4, -0.2) is 75.1 Å². The number of carbonyl (C=O) groups is 5. The fourth-order valence-corrected chi connectivity index (χ4v) is 5.93. The molecular weight excluding hydrogens is 762 g/mol. The Morgan fingerprint density at radius 3 is 2.00 bits per heavy atom. The lowest BCUT2D eigenvalue weighted by Gasteiger charge is -2.26. The van der Waals surface area contributed by atoms with Gasteiger partial charge in [-0.1, -0.05) is 5.92 Å². The molecule has 3 N–H and O–H groups in total. The first kappa shape index (κ1) is 47.6. The molecule has 2 amide bonds. The van der Waals surface area contributed by atoms with Crippen LogP contribution in [0.2, 0.25) is 0 Å². The molecule has 14 nitrogen and oxygen atoms in total. The van der Waals surface area contributed by atoms with Gasteiger partial charge in [-0.25, -0.2) is 19.0 Å². The Bertz CT molecular complexity index is 2140. The molecule has 0 aliphatic heterocycles. The van der Waals surface area contributed by atoms with Crippen LogP contribution < -0.4 is 21.1 Å². The number of anilines is 1. The largest absolute Gasteiger partial charge is 0.460 e. The van der Waals surface area contributed by atoms with Crippen molar-refractivity contribution < 1.29 is 42.6 Å². The maximum atomic E-state index is 15.8. The van der Waals surface area contributed by atoms with E-state index >= 15 is 4.39 Å².